The third kappa shape index (κ3) is 7.39. The molecule has 0 aliphatic carbocycles. The largest absolute Gasteiger partial charge is 0.496 e. The van der Waals surface area contributed by atoms with E-state index in [2.05, 4.69) is 63.6 Å². The SMILES string of the molecule is COc1ccc(C=NNC(=O)C(=O)Nc2ccc(C)c(C)c2)cc1COc1c(Br)cc(Br)cc1Br. The van der Waals surface area contributed by atoms with E-state index in [0.29, 0.717) is 22.7 Å². The summed E-state index contributed by atoms with van der Waals surface area (Å²) in [5.74, 6) is -0.388. The molecule has 0 aliphatic rings. The van der Waals surface area contributed by atoms with Crippen LogP contribution in [0, 0.1) is 13.8 Å². The maximum atomic E-state index is 12.1. The minimum atomic E-state index is -0.874. The van der Waals surface area contributed by atoms with Gasteiger partial charge in [-0.15, -0.1) is 0 Å². The number of halogens is 3. The molecule has 0 heterocycles. The third-order valence-electron chi connectivity index (χ3n) is 4.99. The summed E-state index contributed by atoms with van der Waals surface area (Å²) < 4.78 is 13.9. The number of aryl methyl sites for hydroxylation is 2. The van der Waals surface area contributed by atoms with Gasteiger partial charge in [0.2, 0.25) is 0 Å². The minimum Gasteiger partial charge on any atom is -0.496 e. The fraction of sp³-hybridized carbons (Fsp3) is 0.160. The van der Waals surface area contributed by atoms with Crippen LogP contribution in [-0.2, 0) is 16.2 Å². The summed E-state index contributed by atoms with van der Waals surface area (Å²) in [5, 5.41) is 6.46. The highest BCUT2D eigenvalue weighted by molar-refractivity contribution is 9.11. The molecule has 0 fully saturated rings. The Balaban J connectivity index is 1.64. The van der Waals surface area contributed by atoms with Crippen molar-refractivity contribution in [3.8, 4) is 11.5 Å². The highest BCUT2D eigenvalue weighted by Gasteiger charge is 2.14. The number of nitrogens with one attached hydrogen (secondary N) is 2. The molecule has 0 unspecified atom stereocenters. The number of nitrogens with zero attached hydrogens (tertiary/aromatic N) is 1. The second-order valence-electron chi connectivity index (χ2n) is 7.51. The molecule has 10 heteroatoms. The fourth-order valence-electron chi connectivity index (χ4n) is 3.03. The van der Waals surface area contributed by atoms with Gasteiger partial charge in [-0.05, 0) is 105 Å². The van der Waals surface area contributed by atoms with Crippen LogP contribution in [0.25, 0.3) is 0 Å². The quantitative estimate of drug-likeness (QED) is 0.177. The highest BCUT2D eigenvalue weighted by atomic mass is 79.9. The summed E-state index contributed by atoms with van der Waals surface area (Å²) in [6.07, 6.45) is 1.44. The van der Waals surface area contributed by atoms with Gasteiger partial charge >= 0.3 is 11.8 Å². The molecule has 7 nitrogen and oxygen atoms in total. The van der Waals surface area contributed by atoms with Crippen LogP contribution >= 0.6 is 47.8 Å². The Morgan fingerprint density at radius 1 is 0.943 bits per heavy atom. The Labute approximate surface area is 228 Å². The number of hydrogen-bond acceptors (Lipinski definition) is 5. The van der Waals surface area contributed by atoms with Gasteiger partial charge in [0.25, 0.3) is 0 Å². The van der Waals surface area contributed by atoms with Crippen LogP contribution in [0.3, 0.4) is 0 Å². The predicted octanol–water partition coefficient (Wildman–Crippen LogP) is 6.27. The van der Waals surface area contributed by atoms with Gasteiger partial charge in [-0.1, -0.05) is 22.0 Å². The van der Waals surface area contributed by atoms with E-state index in [1.807, 2.05) is 38.1 Å². The van der Waals surface area contributed by atoms with E-state index in [4.69, 9.17) is 9.47 Å². The number of ether oxygens (including phenoxy) is 2. The van der Waals surface area contributed by atoms with E-state index < -0.39 is 11.8 Å². The summed E-state index contributed by atoms with van der Waals surface area (Å²) >= 11 is 10.4. The maximum Gasteiger partial charge on any atom is 0.329 e. The van der Waals surface area contributed by atoms with Gasteiger partial charge in [-0.3, -0.25) is 9.59 Å². The molecule has 0 saturated carbocycles. The molecule has 182 valence electrons. The maximum absolute atomic E-state index is 12.1. The molecule has 0 radical (unpaired) electrons. The van der Waals surface area contributed by atoms with E-state index in [0.717, 1.165) is 30.1 Å². The van der Waals surface area contributed by atoms with Crippen LogP contribution in [0.5, 0.6) is 11.5 Å². The molecule has 3 aromatic carbocycles. The molecule has 0 aromatic heterocycles. The zero-order chi connectivity index (χ0) is 25.5. The van der Waals surface area contributed by atoms with Crippen molar-refractivity contribution in [3.63, 3.8) is 0 Å². The fourth-order valence-corrected chi connectivity index (χ4v) is 5.52. The molecule has 0 saturated heterocycles. The molecule has 35 heavy (non-hydrogen) atoms. The summed E-state index contributed by atoms with van der Waals surface area (Å²) in [5.41, 5.74) is 6.36. The second kappa shape index (κ2) is 12.3. The number of methoxy groups -OCH3 is 1. The Kier molecular flexibility index (Phi) is 9.47. The Morgan fingerprint density at radius 2 is 1.66 bits per heavy atom. The van der Waals surface area contributed by atoms with Crippen molar-refractivity contribution in [2.45, 2.75) is 20.5 Å². The van der Waals surface area contributed by atoms with Gasteiger partial charge in [0.1, 0.15) is 18.1 Å². The lowest BCUT2D eigenvalue weighted by molar-refractivity contribution is -0.136. The van der Waals surface area contributed by atoms with Gasteiger partial charge in [-0.2, -0.15) is 5.10 Å². The molecule has 0 atom stereocenters. The van der Waals surface area contributed by atoms with Crippen molar-refractivity contribution in [2.24, 2.45) is 5.10 Å². The lowest BCUT2D eigenvalue weighted by Gasteiger charge is -2.13. The van der Waals surface area contributed by atoms with Gasteiger partial charge in [0.05, 0.1) is 22.3 Å². The van der Waals surface area contributed by atoms with Crippen LogP contribution in [0.1, 0.15) is 22.3 Å². The van der Waals surface area contributed by atoms with Crippen molar-refractivity contribution >= 4 is 71.5 Å². The monoisotopic (exact) mass is 665 g/mol. The Morgan fingerprint density at radius 3 is 2.31 bits per heavy atom. The average Bonchev–Trinajstić information content (AvgIpc) is 2.80. The molecular weight excluding hydrogens is 646 g/mol. The first kappa shape index (κ1) is 26.9. The topological polar surface area (TPSA) is 89.0 Å². The van der Waals surface area contributed by atoms with Crippen molar-refractivity contribution in [2.75, 3.05) is 12.4 Å². The van der Waals surface area contributed by atoms with E-state index in [-0.39, 0.29) is 6.61 Å². The summed E-state index contributed by atoms with van der Waals surface area (Å²) in [4.78, 5) is 24.3. The number of hydrogen-bond donors (Lipinski definition) is 2. The first-order chi connectivity index (χ1) is 16.7. The first-order valence-corrected chi connectivity index (χ1v) is 12.7. The Hall–Kier alpha value is -2.69. The smallest absolute Gasteiger partial charge is 0.329 e. The van der Waals surface area contributed by atoms with Gasteiger partial charge in [0.15, 0.2) is 0 Å². The molecule has 2 amide bonds. The summed E-state index contributed by atoms with van der Waals surface area (Å²) in [6.45, 7) is 4.13. The zero-order valence-corrected chi connectivity index (χ0v) is 23.9. The molecule has 0 spiro atoms. The number of carbonyl (C=O) groups excluding carboxylic acids is 2. The number of amides is 2. The van der Waals surface area contributed by atoms with Gasteiger partial charge in [-0.25, -0.2) is 5.43 Å². The molecule has 3 rings (SSSR count). The normalized spacial score (nSPS) is 10.8. The van der Waals surface area contributed by atoms with Crippen molar-refractivity contribution in [1.29, 1.82) is 0 Å². The standard InChI is InChI=1S/C25H22Br3N3O4/c1-14-4-6-19(8-15(14)2)30-24(32)25(33)31-29-12-16-5-7-22(34-3)17(9-16)13-35-23-20(27)10-18(26)11-21(23)28/h4-12H,13H2,1-3H3,(H,30,32)(H,31,33). The highest BCUT2D eigenvalue weighted by Crippen LogP contribution is 2.37. The zero-order valence-electron chi connectivity index (χ0n) is 19.1. The van der Waals surface area contributed by atoms with Crippen LogP contribution in [0.2, 0.25) is 0 Å². The molecular formula is C25H22Br3N3O4. The summed E-state index contributed by atoms with van der Waals surface area (Å²) in [6, 6.07) is 14.6. The van der Waals surface area contributed by atoms with E-state index in [9.17, 15) is 9.59 Å². The van der Waals surface area contributed by atoms with Crippen LogP contribution in [-0.4, -0.2) is 25.1 Å². The summed E-state index contributed by atoms with van der Waals surface area (Å²) in [7, 11) is 1.58. The van der Waals surface area contributed by atoms with Gasteiger partial charge < -0.3 is 14.8 Å². The van der Waals surface area contributed by atoms with Crippen LogP contribution in [0.4, 0.5) is 5.69 Å². The molecule has 3 aromatic rings. The van der Waals surface area contributed by atoms with Crippen molar-refractivity contribution < 1.29 is 19.1 Å². The average molecular weight is 668 g/mol. The van der Waals surface area contributed by atoms with Crippen molar-refractivity contribution in [1.82, 2.24) is 5.43 Å². The number of carbonyl (C=O) groups is 2. The van der Waals surface area contributed by atoms with Crippen LogP contribution in [0.15, 0.2) is 67.1 Å². The van der Waals surface area contributed by atoms with Crippen LogP contribution < -0.4 is 20.2 Å². The number of hydrazone groups is 1. The number of rotatable bonds is 7. The molecule has 0 bridgehead atoms. The van der Waals surface area contributed by atoms with Crippen molar-refractivity contribution in [3.05, 3.63) is 84.2 Å². The third-order valence-corrected chi connectivity index (χ3v) is 6.63. The molecule has 2 N–H and O–H groups in total. The first-order valence-electron chi connectivity index (χ1n) is 10.3. The van der Waals surface area contributed by atoms with E-state index in [1.54, 1.807) is 31.4 Å². The minimum absolute atomic E-state index is 0.231. The lowest BCUT2D eigenvalue weighted by atomic mass is 10.1. The molecule has 0 aliphatic heterocycles. The van der Waals surface area contributed by atoms with Gasteiger partial charge in [0, 0.05) is 15.7 Å². The predicted molar refractivity (Wildman–Crippen MR) is 147 cm³/mol. The number of anilines is 1. The number of benzene rings is 3. The Bertz CT molecular complexity index is 1270. The lowest BCUT2D eigenvalue weighted by Crippen LogP contribution is -2.32. The van der Waals surface area contributed by atoms with E-state index >= 15 is 0 Å². The second-order valence-corrected chi connectivity index (χ2v) is 10.1. The van der Waals surface area contributed by atoms with E-state index in [1.165, 1.54) is 6.21 Å².